The zero-order chi connectivity index (χ0) is 21.3. The van der Waals surface area contributed by atoms with Crippen LogP contribution in [0.4, 0.5) is 0 Å². The molecule has 0 unspecified atom stereocenters. The van der Waals surface area contributed by atoms with E-state index in [2.05, 4.69) is 0 Å². The molecule has 0 aliphatic carbocycles. The number of nitrogens with zero attached hydrogens (tertiary/aromatic N) is 1. The van der Waals surface area contributed by atoms with Gasteiger partial charge in [0.1, 0.15) is 11.5 Å². The van der Waals surface area contributed by atoms with Crippen LogP contribution in [0.25, 0.3) is 5.76 Å². The van der Waals surface area contributed by atoms with Crippen LogP contribution in [-0.2, 0) is 14.3 Å². The van der Waals surface area contributed by atoms with Crippen LogP contribution in [0.2, 0.25) is 0 Å². The third-order valence-electron chi connectivity index (χ3n) is 5.70. The number of hydrogen-bond donors (Lipinski definition) is 1. The number of methoxy groups -OCH3 is 1. The van der Waals surface area contributed by atoms with Gasteiger partial charge < -0.3 is 19.5 Å². The number of Topliss-reactive ketones (excluding diaryl/α,β-unsaturated/α-hetero) is 1. The Kier molecular flexibility index (Phi) is 5.59. The molecule has 0 radical (unpaired) electrons. The number of aliphatic hydroxyl groups excluding tert-OH is 1. The second kappa shape index (κ2) is 8.32. The van der Waals surface area contributed by atoms with Crippen molar-refractivity contribution in [1.29, 1.82) is 0 Å². The summed E-state index contributed by atoms with van der Waals surface area (Å²) in [6.07, 6.45) is 1.66. The van der Waals surface area contributed by atoms with Crippen LogP contribution in [0.15, 0.2) is 54.1 Å². The van der Waals surface area contributed by atoms with Gasteiger partial charge in [0, 0.05) is 18.7 Å². The predicted molar refractivity (Wildman–Crippen MR) is 112 cm³/mol. The second-order valence-corrected chi connectivity index (χ2v) is 7.73. The first-order valence-electron chi connectivity index (χ1n) is 10.1. The normalized spacial score (nSPS) is 23.2. The minimum atomic E-state index is -0.703. The standard InChI is InChI=1S/C24H25NO5/c1-15-8-10-16(11-9-15)22(26)20-21(17-5-3-6-18(13-17)29-2)25(24(28)23(20)27)14-19-7-4-12-30-19/h3,5-6,8-11,13,19,21,26H,4,7,12,14H2,1-2H3/t19-,21-/m0/s1. The highest BCUT2D eigenvalue weighted by Crippen LogP contribution is 2.40. The Morgan fingerprint density at radius 1 is 1.20 bits per heavy atom. The zero-order valence-corrected chi connectivity index (χ0v) is 17.1. The highest BCUT2D eigenvalue weighted by atomic mass is 16.5. The quantitative estimate of drug-likeness (QED) is 0.466. The topological polar surface area (TPSA) is 76.1 Å². The Hall–Kier alpha value is -3.12. The van der Waals surface area contributed by atoms with Gasteiger partial charge in [-0.1, -0.05) is 42.0 Å². The molecule has 30 heavy (non-hydrogen) atoms. The SMILES string of the molecule is COc1cccc([C@H]2C(=C(O)c3ccc(C)cc3)C(=O)C(=O)N2C[C@@H]2CCCO2)c1. The number of rotatable bonds is 5. The first-order valence-corrected chi connectivity index (χ1v) is 10.1. The summed E-state index contributed by atoms with van der Waals surface area (Å²) in [5, 5.41) is 11.1. The molecule has 2 aliphatic heterocycles. The van der Waals surface area contributed by atoms with E-state index in [1.54, 1.807) is 31.4 Å². The van der Waals surface area contributed by atoms with Gasteiger partial charge >= 0.3 is 0 Å². The minimum absolute atomic E-state index is 0.0927. The molecule has 0 saturated carbocycles. The molecule has 2 fully saturated rings. The monoisotopic (exact) mass is 407 g/mol. The van der Waals surface area contributed by atoms with Gasteiger partial charge in [-0.05, 0) is 37.5 Å². The molecule has 1 N–H and O–H groups in total. The minimum Gasteiger partial charge on any atom is -0.507 e. The van der Waals surface area contributed by atoms with E-state index < -0.39 is 17.7 Å². The molecule has 2 heterocycles. The lowest BCUT2D eigenvalue weighted by atomic mass is 9.94. The maximum absolute atomic E-state index is 13.0. The van der Waals surface area contributed by atoms with Crippen LogP contribution in [0.3, 0.4) is 0 Å². The van der Waals surface area contributed by atoms with Crippen LogP contribution in [0.5, 0.6) is 5.75 Å². The Balaban J connectivity index is 1.83. The van der Waals surface area contributed by atoms with Crippen LogP contribution < -0.4 is 4.74 Å². The fourth-order valence-corrected chi connectivity index (χ4v) is 4.10. The van der Waals surface area contributed by atoms with Crippen LogP contribution in [0, 0.1) is 6.92 Å². The van der Waals surface area contributed by atoms with E-state index in [4.69, 9.17) is 9.47 Å². The summed E-state index contributed by atoms with van der Waals surface area (Å²) in [7, 11) is 1.56. The highest BCUT2D eigenvalue weighted by Gasteiger charge is 2.47. The molecule has 6 heteroatoms. The molecular weight excluding hydrogens is 382 g/mol. The molecule has 2 aromatic carbocycles. The molecule has 2 atom stereocenters. The number of carbonyl (C=O) groups is 2. The zero-order valence-electron chi connectivity index (χ0n) is 17.1. The lowest BCUT2D eigenvalue weighted by Gasteiger charge is -2.27. The molecule has 1 amide bonds. The van der Waals surface area contributed by atoms with Gasteiger partial charge in [0.2, 0.25) is 0 Å². The molecule has 4 rings (SSSR count). The second-order valence-electron chi connectivity index (χ2n) is 7.73. The van der Waals surface area contributed by atoms with Gasteiger partial charge in [-0.15, -0.1) is 0 Å². The van der Waals surface area contributed by atoms with E-state index in [9.17, 15) is 14.7 Å². The van der Waals surface area contributed by atoms with Crippen molar-refractivity contribution >= 4 is 17.4 Å². The maximum Gasteiger partial charge on any atom is 0.295 e. The fraction of sp³-hybridized carbons (Fsp3) is 0.333. The Bertz CT molecular complexity index is 989. The third kappa shape index (κ3) is 3.71. The Morgan fingerprint density at radius 2 is 1.97 bits per heavy atom. The van der Waals surface area contributed by atoms with Crippen molar-refractivity contribution in [3.8, 4) is 5.75 Å². The molecular formula is C24H25NO5. The molecule has 0 aromatic heterocycles. The third-order valence-corrected chi connectivity index (χ3v) is 5.70. The lowest BCUT2D eigenvalue weighted by Crippen LogP contribution is -2.36. The van der Waals surface area contributed by atoms with Gasteiger partial charge in [0.15, 0.2) is 0 Å². The molecule has 2 saturated heterocycles. The van der Waals surface area contributed by atoms with Gasteiger partial charge in [0.25, 0.3) is 11.7 Å². The summed E-state index contributed by atoms with van der Waals surface area (Å²) in [6, 6.07) is 13.8. The largest absolute Gasteiger partial charge is 0.507 e. The number of aliphatic hydroxyl groups is 1. The van der Waals surface area contributed by atoms with Crippen molar-refractivity contribution in [1.82, 2.24) is 4.90 Å². The number of amides is 1. The lowest BCUT2D eigenvalue weighted by molar-refractivity contribution is -0.140. The summed E-state index contributed by atoms with van der Waals surface area (Å²) in [6.45, 7) is 2.90. The first kappa shape index (κ1) is 20.2. The average molecular weight is 407 g/mol. The average Bonchev–Trinajstić information content (AvgIpc) is 3.36. The number of likely N-dealkylation sites (tertiary alicyclic amines) is 1. The van der Waals surface area contributed by atoms with E-state index in [0.717, 1.165) is 18.4 Å². The van der Waals surface area contributed by atoms with Crippen molar-refractivity contribution in [3.05, 3.63) is 70.8 Å². The smallest absolute Gasteiger partial charge is 0.295 e. The van der Waals surface area contributed by atoms with Crippen molar-refractivity contribution in [2.45, 2.75) is 31.9 Å². The molecule has 0 spiro atoms. The molecule has 0 bridgehead atoms. The number of ketones is 1. The van der Waals surface area contributed by atoms with E-state index >= 15 is 0 Å². The summed E-state index contributed by atoms with van der Waals surface area (Å²) >= 11 is 0. The van der Waals surface area contributed by atoms with Gasteiger partial charge in [-0.2, -0.15) is 0 Å². The predicted octanol–water partition coefficient (Wildman–Crippen LogP) is 3.60. The number of ether oxygens (including phenoxy) is 2. The van der Waals surface area contributed by atoms with Crippen molar-refractivity contribution < 1.29 is 24.2 Å². The Labute approximate surface area is 175 Å². The van der Waals surface area contributed by atoms with Gasteiger partial charge in [-0.3, -0.25) is 9.59 Å². The van der Waals surface area contributed by atoms with Crippen molar-refractivity contribution in [2.24, 2.45) is 0 Å². The molecule has 6 nitrogen and oxygen atoms in total. The molecule has 2 aliphatic rings. The molecule has 2 aromatic rings. The van der Waals surface area contributed by atoms with Crippen LogP contribution >= 0.6 is 0 Å². The van der Waals surface area contributed by atoms with Crippen molar-refractivity contribution in [2.75, 3.05) is 20.3 Å². The van der Waals surface area contributed by atoms with Gasteiger partial charge in [0.05, 0.1) is 24.8 Å². The summed E-state index contributed by atoms with van der Waals surface area (Å²) in [5.41, 5.74) is 2.34. The van der Waals surface area contributed by atoms with E-state index in [1.807, 2.05) is 31.2 Å². The summed E-state index contributed by atoms with van der Waals surface area (Å²) < 4.78 is 11.1. The molecule has 156 valence electrons. The summed E-state index contributed by atoms with van der Waals surface area (Å²) in [5.74, 6) is -0.854. The van der Waals surface area contributed by atoms with Gasteiger partial charge in [-0.25, -0.2) is 0 Å². The Morgan fingerprint density at radius 3 is 2.63 bits per heavy atom. The summed E-state index contributed by atoms with van der Waals surface area (Å²) in [4.78, 5) is 27.5. The number of benzene rings is 2. The van der Waals surface area contributed by atoms with Crippen LogP contribution in [-0.4, -0.2) is 48.1 Å². The number of hydrogen-bond acceptors (Lipinski definition) is 5. The maximum atomic E-state index is 13.0. The van der Waals surface area contributed by atoms with E-state index in [0.29, 0.717) is 30.0 Å². The first-order chi connectivity index (χ1) is 14.5. The van der Waals surface area contributed by atoms with E-state index in [1.165, 1.54) is 4.90 Å². The fourth-order valence-electron chi connectivity index (χ4n) is 4.10. The number of carbonyl (C=O) groups excluding carboxylic acids is 2. The van der Waals surface area contributed by atoms with Crippen LogP contribution in [0.1, 0.15) is 35.6 Å². The number of aryl methyl sites for hydroxylation is 1. The van der Waals surface area contributed by atoms with E-state index in [-0.39, 0.29) is 17.4 Å². The highest BCUT2D eigenvalue weighted by molar-refractivity contribution is 6.46. The van der Waals surface area contributed by atoms with Crippen molar-refractivity contribution in [3.63, 3.8) is 0 Å².